The minimum absolute atomic E-state index is 0.159. The Kier molecular flexibility index (Phi) is 4.40. The first-order valence-corrected chi connectivity index (χ1v) is 8.80. The third kappa shape index (κ3) is 2.63. The first-order valence-electron chi connectivity index (χ1n) is 7.17. The molecule has 1 aromatic carbocycles. The molecule has 3 rings (SSSR count). The molecule has 2 atom stereocenters. The molecule has 0 saturated carbocycles. The summed E-state index contributed by atoms with van der Waals surface area (Å²) in [5.74, 6) is -0.617. The van der Waals surface area contributed by atoms with Crippen molar-refractivity contribution in [3.05, 3.63) is 50.1 Å². The molecule has 122 valence electrons. The number of nitrogens with two attached hydrogens (primary N) is 1. The van der Waals surface area contributed by atoms with E-state index in [1.807, 2.05) is 12.3 Å². The summed E-state index contributed by atoms with van der Waals surface area (Å²) in [7, 11) is 7.70. The minimum Gasteiger partial charge on any atom is -0.369 e. The van der Waals surface area contributed by atoms with Crippen LogP contribution in [0.5, 0.6) is 0 Å². The molecular weight excluding hydrogens is 364 g/mol. The maximum Gasteiger partial charge on any atom is 0.239 e. The quantitative estimate of drug-likeness (QED) is 0.817. The second-order valence-corrected chi connectivity index (χ2v) is 7.56. The number of likely N-dealkylation sites (N-methyl/N-ethyl adjacent to an activating group) is 1. The summed E-state index contributed by atoms with van der Waals surface area (Å²) in [4.78, 5) is 19.8. The molecule has 0 saturated heterocycles. The van der Waals surface area contributed by atoms with E-state index in [9.17, 15) is 4.79 Å². The molecule has 0 fully saturated rings. The average Bonchev–Trinajstić information content (AvgIpc) is 2.95. The molecule has 8 heteroatoms. The third-order valence-electron chi connectivity index (χ3n) is 4.26. The normalized spacial score (nSPS) is 24.2. The van der Waals surface area contributed by atoms with Gasteiger partial charge in [-0.1, -0.05) is 40.8 Å². The Balaban J connectivity index is 2.24. The molecule has 4 nitrogen and oxygen atoms in total. The maximum atomic E-state index is 13.0. The van der Waals surface area contributed by atoms with Gasteiger partial charge >= 0.3 is 0 Å². The van der Waals surface area contributed by atoms with Crippen LogP contribution in [0, 0.1) is 0 Å². The lowest BCUT2D eigenvalue weighted by Gasteiger charge is -2.40. The van der Waals surface area contributed by atoms with Crippen molar-refractivity contribution < 1.29 is 4.79 Å². The van der Waals surface area contributed by atoms with E-state index in [-0.39, 0.29) is 11.9 Å². The van der Waals surface area contributed by atoms with Gasteiger partial charge in [0.2, 0.25) is 5.91 Å². The maximum absolute atomic E-state index is 13.0. The molecule has 0 bridgehead atoms. The molecule has 0 aliphatic carbocycles. The first-order chi connectivity index (χ1) is 11.3. The Morgan fingerprint density at radius 3 is 2.62 bits per heavy atom. The fraction of sp³-hybridized carbons (Fsp3) is 0.250. The Labute approximate surface area is 155 Å². The number of nitrogens with zero attached hydrogens (tertiary/aromatic N) is 2. The molecular formula is C16H14BCl2N3OS. The van der Waals surface area contributed by atoms with Crippen molar-refractivity contribution in [2.45, 2.75) is 18.4 Å². The van der Waals surface area contributed by atoms with Gasteiger partial charge in [-0.25, -0.2) is 4.99 Å². The number of hydrogen-bond acceptors (Lipinski definition) is 4. The highest BCUT2D eigenvalue weighted by Gasteiger charge is 2.48. The SMILES string of the molecule is [B]c1ccsc1[C@@]1(C)N=C(N)N(C)C(=O)C1c1ccc(Cl)c(Cl)c1. The van der Waals surface area contributed by atoms with Crippen LogP contribution in [-0.2, 0) is 10.3 Å². The van der Waals surface area contributed by atoms with Gasteiger partial charge in [0.1, 0.15) is 13.4 Å². The van der Waals surface area contributed by atoms with Crippen LogP contribution in [-0.4, -0.2) is 31.7 Å². The number of carbonyl (C=O) groups is 1. The highest BCUT2D eigenvalue weighted by Crippen LogP contribution is 2.45. The Bertz CT molecular complexity index is 854. The standard InChI is InChI=1S/C16H14BCl2N3OS/c1-16(13-9(17)5-6-24-13)12(14(23)22(2)15(20)21-16)8-3-4-10(18)11(19)7-8/h3-7,12H,1-2H3,(H2,20,21)/t12?,16-/m0/s1. The van der Waals surface area contributed by atoms with Gasteiger partial charge < -0.3 is 5.73 Å². The van der Waals surface area contributed by atoms with Crippen molar-refractivity contribution in [1.29, 1.82) is 0 Å². The van der Waals surface area contributed by atoms with Gasteiger partial charge in [0.05, 0.1) is 16.0 Å². The van der Waals surface area contributed by atoms with Crippen molar-refractivity contribution in [2.24, 2.45) is 10.7 Å². The van der Waals surface area contributed by atoms with Crippen molar-refractivity contribution in [3.8, 4) is 0 Å². The molecule has 2 radical (unpaired) electrons. The average molecular weight is 378 g/mol. The highest BCUT2D eigenvalue weighted by atomic mass is 35.5. The fourth-order valence-electron chi connectivity index (χ4n) is 3.00. The van der Waals surface area contributed by atoms with Crippen LogP contribution in [0.3, 0.4) is 0 Å². The summed E-state index contributed by atoms with van der Waals surface area (Å²) in [5, 5.41) is 2.68. The van der Waals surface area contributed by atoms with Gasteiger partial charge in [-0.3, -0.25) is 9.69 Å². The van der Waals surface area contributed by atoms with Crippen molar-refractivity contribution in [3.63, 3.8) is 0 Å². The number of thiophene rings is 1. The van der Waals surface area contributed by atoms with Crippen LogP contribution in [0.2, 0.25) is 10.0 Å². The summed E-state index contributed by atoms with van der Waals surface area (Å²) < 4.78 is 0. The van der Waals surface area contributed by atoms with Crippen LogP contribution in [0.15, 0.2) is 34.6 Å². The minimum atomic E-state index is -0.914. The van der Waals surface area contributed by atoms with Gasteiger partial charge in [0, 0.05) is 11.9 Å². The second-order valence-electron chi connectivity index (χ2n) is 5.83. The van der Waals surface area contributed by atoms with Gasteiger partial charge in [-0.2, -0.15) is 0 Å². The van der Waals surface area contributed by atoms with Crippen molar-refractivity contribution >= 4 is 59.7 Å². The van der Waals surface area contributed by atoms with E-state index in [2.05, 4.69) is 4.99 Å². The zero-order valence-corrected chi connectivity index (χ0v) is 15.4. The zero-order valence-electron chi connectivity index (χ0n) is 13.1. The first kappa shape index (κ1) is 17.3. The predicted octanol–water partition coefficient (Wildman–Crippen LogP) is 2.63. The highest BCUT2D eigenvalue weighted by molar-refractivity contribution is 7.11. The second kappa shape index (κ2) is 6.10. The molecule has 1 aliphatic heterocycles. The van der Waals surface area contributed by atoms with Crippen LogP contribution < -0.4 is 11.2 Å². The molecule has 1 amide bonds. The van der Waals surface area contributed by atoms with Gasteiger partial charge in [-0.15, -0.1) is 11.3 Å². The van der Waals surface area contributed by atoms with Gasteiger partial charge in [-0.05, 0) is 30.0 Å². The van der Waals surface area contributed by atoms with Crippen LogP contribution in [0.25, 0.3) is 0 Å². The van der Waals surface area contributed by atoms with Gasteiger partial charge in [0.15, 0.2) is 5.96 Å². The van der Waals surface area contributed by atoms with E-state index in [0.717, 1.165) is 4.88 Å². The molecule has 2 aromatic rings. The molecule has 2 heterocycles. The lowest BCUT2D eigenvalue weighted by atomic mass is 9.74. The van der Waals surface area contributed by atoms with E-state index in [4.69, 9.17) is 36.8 Å². The number of guanidine groups is 1. The number of rotatable bonds is 2. The Hall–Kier alpha value is -1.50. The van der Waals surface area contributed by atoms with Gasteiger partial charge in [0.25, 0.3) is 0 Å². The summed E-state index contributed by atoms with van der Waals surface area (Å²) in [6.45, 7) is 1.86. The smallest absolute Gasteiger partial charge is 0.239 e. The molecule has 2 N–H and O–H groups in total. The van der Waals surface area contributed by atoms with E-state index < -0.39 is 11.5 Å². The lowest BCUT2D eigenvalue weighted by molar-refractivity contribution is -0.130. The lowest BCUT2D eigenvalue weighted by Crippen LogP contribution is -2.53. The number of carbonyl (C=O) groups excluding carboxylic acids is 1. The number of halogens is 2. The summed E-state index contributed by atoms with van der Waals surface area (Å²) in [6, 6.07) is 6.95. The predicted molar refractivity (Wildman–Crippen MR) is 101 cm³/mol. The third-order valence-corrected chi connectivity index (χ3v) is 6.16. The summed E-state index contributed by atoms with van der Waals surface area (Å²) >= 11 is 13.6. The summed E-state index contributed by atoms with van der Waals surface area (Å²) in [6.07, 6.45) is 0. The molecule has 1 aromatic heterocycles. The summed E-state index contributed by atoms with van der Waals surface area (Å²) in [5.41, 5.74) is 6.35. The molecule has 1 aliphatic rings. The molecule has 0 spiro atoms. The number of aliphatic imine (C=N–C) groups is 1. The van der Waals surface area contributed by atoms with E-state index in [1.54, 1.807) is 31.3 Å². The van der Waals surface area contributed by atoms with E-state index >= 15 is 0 Å². The van der Waals surface area contributed by atoms with Crippen LogP contribution >= 0.6 is 34.5 Å². The molecule has 1 unspecified atom stereocenters. The Morgan fingerprint density at radius 2 is 2.04 bits per heavy atom. The zero-order chi connectivity index (χ0) is 17.6. The largest absolute Gasteiger partial charge is 0.369 e. The van der Waals surface area contributed by atoms with Crippen molar-refractivity contribution in [1.82, 2.24) is 4.90 Å². The van der Waals surface area contributed by atoms with Crippen molar-refractivity contribution in [2.75, 3.05) is 7.05 Å². The monoisotopic (exact) mass is 377 g/mol. The topological polar surface area (TPSA) is 58.7 Å². The number of benzene rings is 1. The fourth-order valence-corrected chi connectivity index (χ4v) is 4.26. The van der Waals surface area contributed by atoms with Crippen LogP contribution in [0.4, 0.5) is 0 Å². The van der Waals surface area contributed by atoms with E-state index in [0.29, 0.717) is 21.1 Å². The van der Waals surface area contributed by atoms with E-state index in [1.165, 1.54) is 16.2 Å². The number of amides is 1. The van der Waals surface area contributed by atoms with Crippen LogP contribution in [0.1, 0.15) is 23.3 Å². The molecule has 24 heavy (non-hydrogen) atoms. The number of hydrogen-bond donors (Lipinski definition) is 1. The Morgan fingerprint density at radius 1 is 1.33 bits per heavy atom.